The summed E-state index contributed by atoms with van der Waals surface area (Å²) in [5.41, 5.74) is 2.04. The maximum atomic E-state index is 12.8. The molecular formula is C23H30ClN3O2. The lowest BCUT2D eigenvalue weighted by Gasteiger charge is -2.28. The molecule has 2 aromatic rings. The number of carbonyl (C=O) groups is 2. The minimum absolute atomic E-state index is 0. The molecule has 6 heteroatoms. The second-order valence-corrected chi connectivity index (χ2v) is 7.62. The Morgan fingerprint density at radius 1 is 1.17 bits per heavy atom. The molecule has 0 aromatic heterocycles. The van der Waals surface area contributed by atoms with E-state index in [2.05, 4.69) is 17.6 Å². The van der Waals surface area contributed by atoms with Crippen molar-refractivity contribution >= 4 is 35.6 Å². The molecule has 0 bridgehead atoms. The van der Waals surface area contributed by atoms with Crippen molar-refractivity contribution in [3.8, 4) is 0 Å². The summed E-state index contributed by atoms with van der Waals surface area (Å²) in [5, 5.41) is 6.36. The van der Waals surface area contributed by atoms with Crippen molar-refractivity contribution < 1.29 is 9.59 Å². The first-order valence-corrected chi connectivity index (χ1v) is 9.98. The highest BCUT2D eigenvalue weighted by atomic mass is 35.5. The van der Waals surface area contributed by atoms with Crippen LogP contribution in [-0.4, -0.2) is 32.0 Å². The zero-order chi connectivity index (χ0) is 19.9. The van der Waals surface area contributed by atoms with Crippen LogP contribution < -0.4 is 15.5 Å². The molecule has 2 atom stereocenters. The number of nitrogens with zero attached hydrogens (tertiary/aromatic N) is 1. The normalized spacial score (nSPS) is 17.0. The Labute approximate surface area is 179 Å². The first kappa shape index (κ1) is 22.9. The molecule has 3 rings (SSSR count). The van der Waals surface area contributed by atoms with Crippen molar-refractivity contribution in [1.82, 2.24) is 5.32 Å². The van der Waals surface area contributed by atoms with E-state index in [4.69, 9.17) is 0 Å². The molecule has 0 radical (unpaired) electrons. The Morgan fingerprint density at radius 2 is 1.93 bits per heavy atom. The largest absolute Gasteiger partial charge is 0.326 e. The van der Waals surface area contributed by atoms with E-state index >= 15 is 0 Å². The highest BCUT2D eigenvalue weighted by molar-refractivity contribution is 6.06. The summed E-state index contributed by atoms with van der Waals surface area (Å²) in [6.07, 6.45) is 2.85. The lowest BCUT2D eigenvalue weighted by Crippen LogP contribution is -2.34. The third kappa shape index (κ3) is 6.31. The van der Waals surface area contributed by atoms with Crippen LogP contribution in [0.15, 0.2) is 54.6 Å². The minimum Gasteiger partial charge on any atom is -0.326 e. The van der Waals surface area contributed by atoms with Crippen LogP contribution in [-0.2, 0) is 4.79 Å². The Kier molecular flexibility index (Phi) is 8.68. The summed E-state index contributed by atoms with van der Waals surface area (Å²) >= 11 is 0. The van der Waals surface area contributed by atoms with Crippen LogP contribution in [0.2, 0.25) is 0 Å². The molecule has 0 spiro atoms. The number of benzene rings is 2. The molecule has 1 saturated heterocycles. The molecule has 2 amide bonds. The van der Waals surface area contributed by atoms with Crippen LogP contribution >= 0.6 is 12.4 Å². The van der Waals surface area contributed by atoms with Gasteiger partial charge >= 0.3 is 0 Å². The number of amides is 2. The van der Waals surface area contributed by atoms with Crippen molar-refractivity contribution in [2.45, 2.75) is 26.2 Å². The number of hydrogen-bond donors (Lipinski definition) is 2. The average Bonchev–Trinajstić information content (AvgIpc) is 2.74. The molecule has 1 aliphatic rings. The highest BCUT2D eigenvalue weighted by Crippen LogP contribution is 2.23. The number of nitrogens with one attached hydrogen (secondary N) is 2. The number of hydrogen-bond acceptors (Lipinski definition) is 3. The van der Waals surface area contributed by atoms with E-state index in [1.54, 1.807) is 30.1 Å². The van der Waals surface area contributed by atoms with Crippen molar-refractivity contribution in [3.63, 3.8) is 0 Å². The summed E-state index contributed by atoms with van der Waals surface area (Å²) in [6.45, 7) is 4.21. The molecule has 0 saturated carbocycles. The Morgan fingerprint density at radius 3 is 2.62 bits per heavy atom. The molecule has 29 heavy (non-hydrogen) atoms. The van der Waals surface area contributed by atoms with E-state index in [1.165, 1.54) is 12.8 Å². The Hall–Kier alpha value is -2.37. The fourth-order valence-electron chi connectivity index (χ4n) is 3.73. The van der Waals surface area contributed by atoms with Crippen LogP contribution in [0, 0.1) is 11.8 Å². The third-order valence-electron chi connectivity index (χ3n) is 5.49. The van der Waals surface area contributed by atoms with E-state index < -0.39 is 0 Å². The quantitative estimate of drug-likeness (QED) is 0.737. The number of rotatable bonds is 6. The zero-order valence-electron chi connectivity index (χ0n) is 17.1. The van der Waals surface area contributed by atoms with Crippen LogP contribution in [0.5, 0.6) is 0 Å². The van der Waals surface area contributed by atoms with Crippen LogP contribution in [0.1, 0.15) is 36.5 Å². The summed E-state index contributed by atoms with van der Waals surface area (Å²) < 4.78 is 0. The topological polar surface area (TPSA) is 61.4 Å². The van der Waals surface area contributed by atoms with Crippen LogP contribution in [0.3, 0.4) is 0 Å². The summed E-state index contributed by atoms with van der Waals surface area (Å²) in [6, 6.07) is 16.6. The van der Waals surface area contributed by atoms with E-state index in [0.29, 0.717) is 29.5 Å². The number of carbonyl (C=O) groups excluding carboxylic acids is 2. The van der Waals surface area contributed by atoms with Gasteiger partial charge in [0, 0.05) is 30.4 Å². The van der Waals surface area contributed by atoms with Gasteiger partial charge in [-0.25, -0.2) is 0 Å². The second-order valence-electron chi connectivity index (χ2n) is 7.62. The van der Waals surface area contributed by atoms with Crippen molar-refractivity contribution in [1.29, 1.82) is 0 Å². The smallest absolute Gasteiger partial charge is 0.258 e. The standard InChI is InChI=1S/C23H29N3O2.ClH/c1-17(19-9-7-13-24-16-19)14-22(27)25-20-10-6-8-18(15-20)23(28)26(2)21-11-4-3-5-12-21;/h3-6,8,10-12,15,17,19,24H,7,9,13-14,16H2,1-2H3,(H,25,27);1H. The summed E-state index contributed by atoms with van der Waals surface area (Å²) in [4.78, 5) is 26.9. The van der Waals surface area contributed by atoms with Crippen molar-refractivity contribution in [3.05, 3.63) is 60.2 Å². The lowest BCUT2D eigenvalue weighted by molar-refractivity contribution is -0.117. The molecule has 5 nitrogen and oxygen atoms in total. The molecule has 2 unspecified atom stereocenters. The van der Waals surface area contributed by atoms with Gasteiger partial charge in [-0.1, -0.05) is 31.2 Å². The van der Waals surface area contributed by atoms with Crippen LogP contribution in [0.4, 0.5) is 11.4 Å². The fourth-order valence-corrected chi connectivity index (χ4v) is 3.73. The first-order chi connectivity index (χ1) is 13.5. The lowest BCUT2D eigenvalue weighted by atomic mass is 9.85. The van der Waals surface area contributed by atoms with Crippen molar-refractivity contribution in [2.75, 3.05) is 30.4 Å². The van der Waals surface area contributed by atoms with Gasteiger partial charge in [0.1, 0.15) is 0 Å². The van der Waals surface area contributed by atoms with E-state index in [0.717, 1.165) is 18.8 Å². The average molecular weight is 416 g/mol. The minimum atomic E-state index is -0.107. The van der Waals surface area contributed by atoms with Crippen LogP contribution in [0.25, 0.3) is 0 Å². The monoisotopic (exact) mass is 415 g/mol. The van der Waals surface area contributed by atoms with E-state index in [-0.39, 0.29) is 24.2 Å². The molecule has 1 fully saturated rings. The predicted octanol–water partition coefficient (Wildman–Crippen LogP) is 4.35. The molecule has 2 N–H and O–H groups in total. The number of piperidine rings is 1. The van der Waals surface area contributed by atoms with Gasteiger partial charge in [-0.3, -0.25) is 9.59 Å². The van der Waals surface area contributed by atoms with Gasteiger partial charge in [-0.05, 0) is 68.1 Å². The number of para-hydroxylation sites is 1. The van der Waals surface area contributed by atoms with E-state index in [1.807, 2.05) is 36.4 Å². The van der Waals surface area contributed by atoms with Gasteiger partial charge < -0.3 is 15.5 Å². The van der Waals surface area contributed by atoms with E-state index in [9.17, 15) is 9.59 Å². The van der Waals surface area contributed by atoms with Gasteiger partial charge in [0.15, 0.2) is 0 Å². The number of halogens is 1. The molecular weight excluding hydrogens is 386 g/mol. The van der Waals surface area contributed by atoms with Gasteiger partial charge in [-0.2, -0.15) is 0 Å². The van der Waals surface area contributed by atoms with Crippen molar-refractivity contribution in [2.24, 2.45) is 11.8 Å². The zero-order valence-corrected chi connectivity index (χ0v) is 17.9. The highest BCUT2D eigenvalue weighted by Gasteiger charge is 2.22. The number of anilines is 2. The fraction of sp³-hybridized carbons (Fsp3) is 0.391. The van der Waals surface area contributed by atoms with Gasteiger partial charge in [0.05, 0.1) is 0 Å². The molecule has 2 aromatic carbocycles. The maximum absolute atomic E-state index is 12.8. The van der Waals surface area contributed by atoms with Gasteiger partial charge in [0.2, 0.25) is 5.91 Å². The van der Waals surface area contributed by atoms with Gasteiger partial charge in [-0.15, -0.1) is 12.4 Å². The second kappa shape index (κ2) is 11.0. The summed E-state index contributed by atoms with van der Waals surface area (Å²) in [7, 11) is 1.75. The van der Waals surface area contributed by atoms with Gasteiger partial charge in [0.25, 0.3) is 5.91 Å². The first-order valence-electron chi connectivity index (χ1n) is 9.98. The maximum Gasteiger partial charge on any atom is 0.258 e. The summed E-state index contributed by atoms with van der Waals surface area (Å²) in [5.74, 6) is 0.775. The SMILES string of the molecule is CC(CC(=O)Nc1cccc(C(=O)N(C)c2ccccc2)c1)C1CCCNC1.Cl. The Bertz CT molecular complexity index is 807. The molecule has 0 aliphatic carbocycles. The molecule has 1 aliphatic heterocycles. The third-order valence-corrected chi connectivity index (χ3v) is 5.49. The molecule has 1 heterocycles. The predicted molar refractivity (Wildman–Crippen MR) is 121 cm³/mol. The Balaban J connectivity index is 0.00000300. The molecule has 156 valence electrons.